The number of hydrogen-bond donors (Lipinski definition) is 1. The second-order valence-corrected chi connectivity index (χ2v) is 6.89. The highest BCUT2D eigenvalue weighted by Crippen LogP contribution is 2.40. The van der Waals surface area contributed by atoms with Crippen LogP contribution in [0.25, 0.3) is 21.6 Å². The Morgan fingerprint density at radius 2 is 1.92 bits per heavy atom. The van der Waals surface area contributed by atoms with Crippen LogP contribution in [-0.4, -0.2) is 13.3 Å². The smallest absolute Gasteiger partial charge is 0.141 e. The Hall–Kier alpha value is -2.97. The number of nitriles is 1. The fourth-order valence-corrected chi connectivity index (χ4v) is 3.71. The normalized spacial score (nSPS) is 11.0. The highest BCUT2D eigenvalue weighted by Gasteiger charge is 2.14. The molecule has 5 heteroatoms. The van der Waals surface area contributed by atoms with Crippen LogP contribution >= 0.6 is 11.3 Å². The molecule has 0 aliphatic carbocycles. The minimum Gasteiger partial charge on any atom is -0.398 e. The van der Waals surface area contributed by atoms with Gasteiger partial charge in [0.25, 0.3) is 0 Å². The summed E-state index contributed by atoms with van der Waals surface area (Å²) in [5.41, 5.74) is 10.2. The lowest BCUT2D eigenvalue weighted by Gasteiger charge is -2.08. The number of nitrogen functional groups attached to an aromatic ring is 1. The number of aliphatic imine (C=N–C) groups is 1. The van der Waals surface area contributed by atoms with Gasteiger partial charge in [0.15, 0.2) is 0 Å². The van der Waals surface area contributed by atoms with Crippen molar-refractivity contribution in [2.45, 2.75) is 6.92 Å². The molecule has 0 spiro atoms. The fourth-order valence-electron chi connectivity index (χ4n) is 2.68. The summed E-state index contributed by atoms with van der Waals surface area (Å²) in [6.07, 6.45) is 1.72. The molecule has 0 radical (unpaired) electrons. The third-order valence-corrected chi connectivity index (χ3v) is 4.97. The lowest BCUT2D eigenvalue weighted by molar-refractivity contribution is 0.624. The van der Waals surface area contributed by atoms with Gasteiger partial charge in [0, 0.05) is 39.8 Å². The van der Waals surface area contributed by atoms with Crippen molar-refractivity contribution in [3.05, 3.63) is 64.3 Å². The number of nitrogens with two attached hydrogens (primary N) is 1. The predicted molar refractivity (Wildman–Crippen MR) is 103 cm³/mol. The molecule has 2 N–H and O–H groups in total. The maximum atomic E-state index is 14.0. The maximum Gasteiger partial charge on any atom is 0.141 e. The molecule has 0 aliphatic heterocycles. The molecule has 3 aromatic rings. The van der Waals surface area contributed by atoms with E-state index in [4.69, 9.17) is 11.0 Å². The summed E-state index contributed by atoms with van der Waals surface area (Å²) in [4.78, 5) is 6.19. The van der Waals surface area contributed by atoms with Crippen LogP contribution in [0, 0.1) is 24.1 Å². The van der Waals surface area contributed by atoms with Crippen LogP contribution in [-0.2, 0) is 0 Å². The number of hydrogen-bond acceptors (Lipinski definition) is 4. The first-order valence-corrected chi connectivity index (χ1v) is 8.47. The molecule has 3 rings (SSSR count). The van der Waals surface area contributed by atoms with Crippen molar-refractivity contribution in [2.75, 3.05) is 12.8 Å². The highest BCUT2D eigenvalue weighted by molar-refractivity contribution is 7.16. The number of thiophene rings is 1. The average Bonchev–Trinajstić information content (AvgIpc) is 2.99. The first kappa shape index (κ1) is 16.9. The molecule has 25 heavy (non-hydrogen) atoms. The number of benzene rings is 2. The first-order chi connectivity index (χ1) is 12.0. The number of rotatable bonds is 3. The Labute approximate surface area is 149 Å². The summed E-state index contributed by atoms with van der Waals surface area (Å²) >= 11 is 1.64. The minimum atomic E-state index is -0.508. The third-order valence-electron chi connectivity index (χ3n) is 3.87. The van der Waals surface area contributed by atoms with Crippen molar-refractivity contribution in [1.29, 1.82) is 5.26 Å². The summed E-state index contributed by atoms with van der Waals surface area (Å²) in [6, 6.07) is 14.4. The van der Waals surface area contributed by atoms with E-state index in [1.54, 1.807) is 30.7 Å². The molecule has 0 unspecified atom stereocenters. The summed E-state index contributed by atoms with van der Waals surface area (Å²) in [6.45, 7) is 2.02. The van der Waals surface area contributed by atoms with Gasteiger partial charge < -0.3 is 5.73 Å². The molecule has 0 bridgehead atoms. The van der Waals surface area contributed by atoms with Crippen LogP contribution in [0.1, 0.15) is 16.0 Å². The molecule has 0 fully saturated rings. The molecule has 1 heterocycles. The summed E-state index contributed by atoms with van der Waals surface area (Å²) < 4.78 is 14.0. The van der Waals surface area contributed by atoms with E-state index in [0.29, 0.717) is 5.69 Å². The van der Waals surface area contributed by atoms with Gasteiger partial charge in [-0.15, -0.1) is 11.3 Å². The van der Waals surface area contributed by atoms with Crippen LogP contribution in [0.4, 0.5) is 10.1 Å². The Kier molecular flexibility index (Phi) is 4.64. The monoisotopic (exact) mass is 349 g/mol. The van der Waals surface area contributed by atoms with E-state index in [0.717, 1.165) is 32.0 Å². The van der Waals surface area contributed by atoms with Crippen molar-refractivity contribution in [1.82, 2.24) is 0 Å². The number of anilines is 1. The van der Waals surface area contributed by atoms with Gasteiger partial charge in [0.05, 0.1) is 5.56 Å². The molecule has 0 saturated heterocycles. The molecule has 0 saturated carbocycles. The maximum absolute atomic E-state index is 14.0. The van der Waals surface area contributed by atoms with E-state index in [2.05, 4.69) is 4.99 Å². The summed E-state index contributed by atoms with van der Waals surface area (Å²) in [7, 11) is 1.70. The van der Waals surface area contributed by atoms with Crippen molar-refractivity contribution in [3.8, 4) is 27.6 Å². The number of halogens is 1. The fraction of sp³-hybridized carbons (Fsp3) is 0.100. The molecular formula is C20H16FN3S. The average molecular weight is 349 g/mol. The SMILES string of the molecule is CN=Cc1cc(-c2sc(C)cc2-c2ccc(C#N)c(F)c2)ccc1N. The molecule has 0 amide bonds. The van der Waals surface area contributed by atoms with E-state index >= 15 is 0 Å². The second-order valence-electron chi connectivity index (χ2n) is 5.64. The van der Waals surface area contributed by atoms with Crippen molar-refractivity contribution in [3.63, 3.8) is 0 Å². The van der Waals surface area contributed by atoms with Gasteiger partial charge in [-0.25, -0.2) is 4.39 Å². The Morgan fingerprint density at radius 3 is 2.60 bits per heavy atom. The van der Waals surface area contributed by atoms with Gasteiger partial charge >= 0.3 is 0 Å². The summed E-state index contributed by atoms with van der Waals surface area (Å²) in [5, 5.41) is 8.91. The molecular weight excluding hydrogens is 333 g/mol. The second kappa shape index (κ2) is 6.88. The van der Waals surface area contributed by atoms with Gasteiger partial charge in [0.2, 0.25) is 0 Å². The van der Waals surface area contributed by atoms with E-state index < -0.39 is 5.82 Å². The van der Waals surface area contributed by atoms with Crippen molar-refractivity contribution >= 4 is 23.2 Å². The Balaban J connectivity index is 2.16. The number of nitrogens with zero attached hydrogens (tertiary/aromatic N) is 2. The van der Waals surface area contributed by atoms with E-state index in [1.165, 1.54) is 12.1 Å². The lowest BCUT2D eigenvalue weighted by atomic mass is 9.99. The van der Waals surface area contributed by atoms with Gasteiger partial charge in [-0.05, 0) is 48.4 Å². The van der Waals surface area contributed by atoms with E-state index in [9.17, 15) is 4.39 Å². The van der Waals surface area contributed by atoms with Crippen LogP contribution in [0.3, 0.4) is 0 Å². The third kappa shape index (κ3) is 3.30. The van der Waals surface area contributed by atoms with Gasteiger partial charge in [-0.3, -0.25) is 4.99 Å². The van der Waals surface area contributed by atoms with E-state index in [-0.39, 0.29) is 5.56 Å². The van der Waals surface area contributed by atoms with Gasteiger partial charge in [0.1, 0.15) is 11.9 Å². The largest absolute Gasteiger partial charge is 0.398 e. The Bertz CT molecular complexity index is 1010. The van der Waals surface area contributed by atoms with Gasteiger partial charge in [-0.2, -0.15) is 5.26 Å². The minimum absolute atomic E-state index is 0.0474. The molecule has 124 valence electrons. The molecule has 0 aliphatic rings. The van der Waals surface area contributed by atoms with Gasteiger partial charge in [-0.1, -0.05) is 12.1 Å². The van der Waals surface area contributed by atoms with Crippen LogP contribution in [0.5, 0.6) is 0 Å². The predicted octanol–water partition coefficient (Wildman–Crippen LogP) is 5.03. The van der Waals surface area contributed by atoms with Crippen LogP contribution in [0.2, 0.25) is 0 Å². The zero-order chi connectivity index (χ0) is 18.0. The molecule has 1 aromatic heterocycles. The molecule has 0 atom stereocenters. The van der Waals surface area contributed by atoms with Crippen LogP contribution in [0.15, 0.2) is 47.5 Å². The lowest BCUT2D eigenvalue weighted by Crippen LogP contribution is -1.93. The van der Waals surface area contributed by atoms with Crippen LogP contribution < -0.4 is 5.73 Å². The van der Waals surface area contributed by atoms with E-state index in [1.807, 2.05) is 37.3 Å². The Morgan fingerprint density at radius 1 is 1.16 bits per heavy atom. The topological polar surface area (TPSA) is 62.2 Å². The quantitative estimate of drug-likeness (QED) is 0.532. The zero-order valence-electron chi connectivity index (χ0n) is 13.9. The zero-order valence-corrected chi connectivity index (χ0v) is 14.7. The molecule has 2 aromatic carbocycles. The van der Waals surface area contributed by atoms with Crippen molar-refractivity contribution < 1.29 is 4.39 Å². The number of aryl methyl sites for hydroxylation is 1. The summed E-state index contributed by atoms with van der Waals surface area (Å²) in [5.74, 6) is -0.508. The first-order valence-electron chi connectivity index (χ1n) is 7.66. The highest BCUT2D eigenvalue weighted by atomic mass is 32.1. The molecule has 3 nitrogen and oxygen atoms in total. The standard InChI is InChI=1S/C20H16FN3S/c1-12-7-17(13-3-4-15(10-22)18(21)9-13)20(25-12)14-5-6-19(23)16(8-14)11-24-2/h3-9,11H,23H2,1-2H3. The van der Waals surface area contributed by atoms with Crippen molar-refractivity contribution in [2.24, 2.45) is 4.99 Å².